The van der Waals surface area contributed by atoms with Crippen molar-refractivity contribution in [3.63, 3.8) is 0 Å². The SMILES string of the molecule is Cn1cc(C#N)c(=O)n(CC(O)COCc2ccc(Cl)cc2)c1=O. The smallest absolute Gasteiger partial charge is 0.330 e. The molecule has 0 fully saturated rings. The van der Waals surface area contributed by atoms with Gasteiger partial charge in [0.05, 0.1) is 25.9 Å². The van der Waals surface area contributed by atoms with Crippen LogP contribution in [0.5, 0.6) is 0 Å². The zero-order chi connectivity index (χ0) is 17.7. The van der Waals surface area contributed by atoms with E-state index in [9.17, 15) is 14.7 Å². The molecule has 1 unspecified atom stereocenters. The Morgan fingerprint density at radius 2 is 2.00 bits per heavy atom. The molecular weight excluding hydrogens is 334 g/mol. The molecule has 0 bridgehead atoms. The molecule has 1 aromatic carbocycles. The third-order valence-electron chi connectivity index (χ3n) is 3.34. The number of nitriles is 1. The predicted molar refractivity (Wildman–Crippen MR) is 87.8 cm³/mol. The van der Waals surface area contributed by atoms with E-state index >= 15 is 0 Å². The van der Waals surface area contributed by atoms with Crippen molar-refractivity contribution >= 4 is 11.6 Å². The van der Waals surface area contributed by atoms with Gasteiger partial charge in [-0.25, -0.2) is 4.79 Å². The third kappa shape index (κ3) is 4.32. The molecule has 1 N–H and O–H groups in total. The van der Waals surface area contributed by atoms with Crippen molar-refractivity contribution in [2.45, 2.75) is 19.3 Å². The lowest BCUT2D eigenvalue weighted by molar-refractivity contribution is 0.0191. The van der Waals surface area contributed by atoms with Gasteiger partial charge in [-0.1, -0.05) is 23.7 Å². The van der Waals surface area contributed by atoms with E-state index in [-0.39, 0.29) is 25.3 Å². The molecule has 1 aromatic heterocycles. The molecule has 7 nitrogen and oxygen atoms in total. The Morgan fingerprint density at radius 3 is 2.62 bits per heavy atom. The Morgan fingerprint density at radius 1 is 1.33 bits per heavy atom. The lowest BCUT2D eigenvalue weighted by Crippen LogP contribution is -2.43. The highest BCUT2D eigenvalue weighted by molar-refractivity contribution is 6.30. The average molecular weight is 350 g/mol. The summed E-state index contributed by atoms with van der Waals surface area (Å²) in [4.78, 5) is 24.0. The third-order valence-corrected chi connectivity index (χ3v) is 3.59. The Hall–Kier alpha value is -2.40. The van der Waals surface area contributed by atoms with Crippen molar-refractivity contribution < 1.29 is 9.84 Å². The fourth-order valence-electron chi connectivity index (χ4n) is 2.12. The van der Waals surface area contributed by atoms with Gasteiger partial charge < -0.3 is 14.4 Å². The van der Waals surface area contributed by atoms with Gasteiger partial charge in [0.1, 0.15) is 11.6 Å². The molecule has 1 heterocycles. The molecule has 8 heteroatoms. The molecule has 0 aliphatic rings. The van der Waals surface area contributed by atoms with Gasteiger partial charge >= 0.3 is 5.69 Å². The van der Waals surface area contributed by atoms with Crippen molar-refractivity contribution in [2.75, 3.05) is 6.61 Å². The largest absolute Gasteiger partial charge is 0.389 e. The van der Waals surface area contributed by atoms with E-state index in [1.165, 1.54) is 13.2 Å². The molecule has 0 radical (unpaired) electrons. The van der Waals surface area contributed by atoms with Crippen molar-refractivity contribution in [3.05, 3.63) is 67.4 Å². The van der Waals surface area contributed by atoms with Crippen molar-refractivity contribution in [3.8, 4) is 6.07 Å². The summed E-state index contributed by atoms with van der Waals surface area (Å²) in [6.45, 7) is -0.0456. The quantitative estimate of drug-likeness (QED) is 0.825. The second-order valence-electron chi connectivity index (χ2n) is 5.26. The van der Waals surface area contributed by atoms with Crippen LogP contribution in [0, 0.1) is 11.3 Å². The first kappa shape index (κ1) is 17.9. The second kappa shape index (κ2) is 7.93. The molecule has 126 valence electrons. The summed E-state index contributed by atoms with van der Waals surface area (Å²) < 4.78 is 7.33. The molecule has 0 saturated carbocycles. The van der Waals surface area contributed by atoms with E-state index in [4.69, 9.17) is 21.6 Å². The maximum Gasteiger partial charge on any atom is 0.330 e. The van der Waals surface area contributed by atoms with Crippen LogP contribution in [0.25, 0.3) is 0 Å². The van der Waals surface area contributed by atoms with Crippen molar-refractivity contribution in [1.82, 2.24) is 9.13 Å². The summed E-state index contributed by atoms with van der Waals surface area (Å²) in [6.07, 6.45) is 0.113. The van der Waals surface area contributed by atoms with E-state index in [2.05, 4.69) is 0 Å². The normalized spacial score (nSPS) is 11.9. The predicted octanol–water partition coefficient (Wildman–Crippen LogP) is 0.650. The van der Waals surface area contributed by atoms with E-state index < -0.39 is 17.4 Å². The number of aliphatic hydroxyl groups is 1. The number of rotatable bonds is 6. The standard InChI is InChI=1S/C16H16ClN3O4/c1-19-7-12(6-18)15(22)20(16(19)23)8-14(21)10-24-9-11-2-4-13(17)5-3-11/h2-5,7,14,21H,8-10H2,1H3. The van der Waals surface area contributed by atoms with Crippen LogP contribution >= 0.6 is 11.6 Å². The number of hydrogen-bond donors (Lipinski definition) is 1. The highest BCUT2D eigenvalue weighted by Crippen LogP contribution is 2.10. The average Bonchev–Trinajstić information content (AvgIpc) is 2.56. The maximum atomic E-state index is 12.0. The molecule has 0 aliphatic heterocycles. The number of aromatic nitrogens is 2. The van der Waals surface area contributed by atoms with E-state index in [1.807, 2.05) is 0 Å². The minimum atomic E-state index is -1.06. The van der Waals surface area contributed by atoms with Crippen molar-refractivity contribution in [1.29, 1.82) is 5.26 Å². The van der Waals surface area contributed by atoms with E-state index in [0.29, 0.717) is 5.02 Å². The van der Waals surface area contributed by atoms with Gasteiger partial charge in [-0.3, -0.25) is 9.36 Å². The van der Waals surface area contributed by atoms with Crippen LogP contribution in [0.4, 0.5) is 0 Å². The van der Waals surface area contributed by atoms with Gasteiger partial charge in [0.15, 0.2) is 0 Å². The van der Waals surface area contributed by atoms with Gasteiger partial charge in [-0.05, 0) is 17.7 Å². The Labute approximate surface area is 142 Å². The molecule has 24 heavy (non-hydrogen) atoms. The summed E-state index contributed by atoms with van der Waals surface area (Å²) in [7, 11) is 1.43. The van der Waals surface area contributed by atoms with Gasteiger partial charge in [0.25, 0.3) is 5.56 Å². The van der Waals surface area contributed by atoms with Crippen LogP contribution in [-0.4, -0.2) is 27.0 Å². The molecular formula is C16H16ClN3O4. The minimum absolute atomic E-state index is 0.0605. The summed E-state index contributed by atoms with van der Waals surface area (Å²) in [6, 6.07) is 8.78. The summed E-state index contributed by atoms with van der Waals surface area (Å²) >= 11 is 5.79. The van der Waals surface area contributed by atoms with Crippen LogP contribution in [0.1, 0.15) is 11.1 Å². The minimum Gasteiger partial charge on any atom is -0.389 e. The second-order valence-corrected chi connectivity index (χ2v) is 5.70. The maximum absolute atomic E-state index is 12.0. The first-order chi connectivity index (χ1) is 11.4. The molecule has 0 amide bonds. The Balaban J connectivity index is 2.00. The molecule has 0 aliphatic carbocycles. The highest BCUT2D eigenvalue weighted by Gasteiger charge is 2.14. The first-order valence-electron chi connectivity index (χ1n) is 7.13. The Kier molecular flexibility index (Phi) is 5.93. The lowest BCUT2D eigenvalue weighted by atomic mass is 10.2. The first-order valence-corrected chi connectivity index (χ1v) is 7.51. The van der Waals surface area contributed by atoms with Gasteiger partial charge in [0.2, 0.25) is 0 Å². The van der Waals surface area contributed by atoms with Crippen LogP contribution < -0.4 is 11.2 Å². The van der Waals surface area contributed by atoms with Crippen molar-refractivity contribution in [2.24, 2.45) is 7.05 Å². The summed E-state index contributed by atoms with van der Waals surface area (Å²) in [5.41, 5.74) is -0.606. The topological polar surface area (TPSA) is 97.2 Å². The zero-order valence-corrected chi connectivity index (χ0v) is 13.7. The molecule has 2 aromatic rings. The van der Waals surface area contributed by atoms with Crippen LogP contribution in [0.3, 0.4) is 0 Å². The number of aliphatic hydroxyl groups excluding tert-OH is 1. The fraction of sp³-hybridized carbons (Fsp3) is 0.312. The number of hydrogen-bond acceptors (Lipinski definition) is 5. The van der Waals surface area contributed by atoms with E-state index in [1.54, 1.807) is 30.3 Å². The lowest BCUT2D eigenvalue weighted by Gasteiger charge is -2.13. The number of benzene rings is 1. The van der Waals surface area contributed by atoms with Gasteiger partial charge in [-0.15, -0.1) is 0 Å². The zero-order valence-electron chi connectivity index (χ0n) is 13.0. The molecule has 1 atom stereocenters. The van der Waals surface area contributed by atoms with Gasteiger partial charge in [0, 0.05) is 18.3 Å². The van der Waals surface area contributed by atoms with Crippen LogP contribution in [0.2, 0.25) is 5.02 Å². The van der Waals surface area contributed by atoms with Crippen LogP contribution in [0.15, 0.2) is 40.1 Å². The van der Waals surface area contributed by atoms with Gasteiger partial charge in [-0.2, -0.15) is 5.26 Å². The number of nitrogens with zero attached hydrogens (tertiary/aromatic N) is 3. The highest BCUT2D eigenvalue weighted by atomic mass is 35.5. The van der Waals surface area contributed by atoms with E-state index in [0.717, 1.165) is 14.7 Å². The number of halogens is 1. The summed E-state index contributed by atoms with van der Waals surface area (Å²) in [5.74, 6) is 0. The Bertz CT molecular complexity index is 865. The fourth-order valence-corrected chi connectivity index (χ4v) is 2.25. The van der Waals surface area contributed by atoms with Crippen LogP contribution in [-0.2, 0) is 24.9 Å². The molecule has 0 saturated heterocycles. The molecule has 2 rings (SSSR count). The molecule has 0 spiro atoms. The number of aryl methyl sites for hydroxylation is 1. The number of ether oxygens (including phenoxy) is 1. The monoisotopic (exact) mass is 349 g/mol. The summed E-state index contributed by atoms with van der Waals surface area (Å²) in [5, 5.41) is 19.5.